The predicted molar refractivity (Wildman–Crippen MR) is 93.7 cm³/mol. The van der Waals surface area contributed by atoms with Gasteiger partial charge in [0.05, 0.1) is 30.7 Å². The van der Waals surface area contributed by atoms with Crippen molar-refractivity contribution in [2.75, 3.05) is 11.9 Å². The van der Waals surface area contributed by atoms with Crippen LogP contribution in [0, 0.1) is 10.1 Å². The van der Waals surface area contributed by atoms with Crippen molar-refractivity contribution in [2.45, 2.75) is 0 Å². The smallest absolute Gasteiger partial charge is 0.271 e. The van der Waals surface area contributed by atoms with Crippen LogP contribution in [0.1, 0.15) is 0 Å². The number of hydrogen-bond donors (Lipinski definition) is 1. The summed E-state index contributed by atoms with van der Waals surface area (Å²) in [5.41, 5.74) is -0.108. The normalized spacial score (nSPS) is 10.3. The van der Waals surface area contributed by atoms with Crippen LogP contribution in [-0.2, 0) is 4.79 Å². The zero-order valence-corrected chi connectivity index (χ0v) is 14.7. The summed E-state index contributed by atoms with van der Waals surface area (Å²) in [6.45, 7) is -0.406. The van der Waals surface area contributed by atoms with Crippen molar-refractivity contribution in [3.05, 3.63) is 60.5 Å². The van der Waals surface area contributed by atoms with Gasteiger partial charge in [-0.15, -0.1) is 0 Å². The average Bonchev–Trinajstić information content (AvgIpc) is 2.51. The largest absolute Gasteiger partial charge is 0.482 e. The van der Waals surface area contributed by atoms with Gasteiger partial charge in [0.15, 0.2) is 6.61 Å². The van der Waals surface area contributed by atoms with Crippen molar-refractivity contribution in [1.29, 1.82) is 0 Å². The van der Waals surface area contributed by atoms with Gasteiger partial charge in [-0.25, -0.2) is 0 Å². The number of nitrogens with one attached hydrogen (secondary N) is 1. The Hall–Kier alpha value is -1.73. The summed E-state index contributed by atoms with van der Waals surface area (Å²) in [5, 5.41) is 14.0. The van der Waals surface area contributed by atoms with E-state index in [-0.39, 0.29) is 37.2 Å². The number of non-ortho nitro benzene ring substituents is 1. The lowest BCUT2D eigenvalue weighted by atomic mass is 10.3. The summed E-state index contributed by atoms with van der Waals surface area (Å²) < 4.78 is 5.26. The lowest BCUT2D eigenvalue weighted by Gasteiger charge is -2.10. The highest BCUT2D eigenvalue weighted by Gasteiger charge is 2.14. The van der Waals surface area contributed by atoms with Gasteiger partial charge >= 0.3 is 0 Å². The maximum absolute atomic E-state index is 11.9. The van der Waals surface area contributed by atoms with Gasteiger partial charge in [-0.05, 0) is 12.1 Å². The zero-order chi connectivity index (χ0) is 17.9. The summed E-state index contributed by atoms with van der Waals surface area (Å²) in [6, 6.07) is 6.44. The Morgan fingerprint density at radius 3 is 2.38 bits per heavy atom. The summed E-state index contributed by atoms with van der Waals surface area (Å²) in [6.07, 6.45) is 0. The van der Waals surface area contributed by atoms with Crippen LogP contribution in [0.5, 0.6) is 5.75 Å². The van der Waals surface area contributed by atoms with Crippen LogP contribution < -0.4 is 10.1 Å². The molecule has 1 amide bonds. The summed E-state index contributed by atoms with van der Waals surface area (Å²) in [7, 11) is 0. The molecule has 0 unspecified atom stereocenters. The molecule has 126 valence electrons. The molecule has 0 radical (unpaired) electrons. The first kappa shape index (κ1) is 18.6. The average molecular weight is 410 g/mol. The molecule has 0 aromatic heterocycles. The molecule has 0 saturated heterocycles. The Morgan fingerprint density at radius 2 is 1.71 bits per heavy atom. The number of carbonyl (C=O) groups is 1. The molecule has 6 nitrogen and oxygen atoms in total. The van der Waals surface area contributed by atoms with E-state index in [2.05, 4.69) is 5.32 Å². The molecule has 2 rings (SSSR count). The van der Waals surface area contributed by atoms with Gasteiger partial charge in [0, 0.05) is 18.2 Å². The number of nitro groups is 1. The molecule has 10 heteroatoms. The Balaban J connectivity index is 2.05. The van der Waals surface area contributed by atoms with Crippen molar-refractivity contribution >= 4 is 63.7 Å². The fraction of sp³-hybridized carbons (Fsp3) is 0.0714. The van der Waals surface area contributed by atoms with Gasteiger partial charge in [-0.1, -0.05) is 46.4 Å². The number of ether oxygens (including phenoxy) is 1. The molecular weight excluding hydrogens is 402 g/mol. The summed E-state index contributed by atoms with van der Waals surface area (Å²) >= 11 is 23.5. The second-order valence-electron chi connectivity index (χ2n) is 4.45. The summed E-state index contributed by atoms with van der Waals surface area (Å²) in [4.78, 5) is 22.1. The van der Waals surface area contributed by atoms with Crippen LogP contribution in [-0.4, -0.2) is 17.4 Å². The standard InChI is InChI=1S/C14H8Cl4N2O4/c15-8-2-1-7(20(22)23)3-12(8)19-14(21)6-24-13-5-10(17)9(16)4-11(13)18/h1-5H,6H2,(H,19,21). The van der Waals surface area contributed by atoms with Gasteiger partial charge in [-0.2, -0.15) is 0 Å². The van der Waals surface area contributed by atoms with E-state index in [1.54, 1.807) is 0 Å². The van der Waals surface area contributed by atoms with Gasteiger partial charge in [0.2, 0.25) is 0 Å². The van der Waals surface area contributed by atoms with Crippen LogP contribution in [0.3, 0.4) is 0 Å². The molecule has 0 spiro atoms. The summed E-state index contributed by atoms with van der Waals surface area (Å²) in [5.74, 6) is -0.411. The lowest BCUT2D eigenvalue weighted by molar-refractivity contribution is -0.384. The molecule has 24 heavy (non-hydrogen) atoms. The molecule has 0 bridgehead atoms. The van der Waals surface area contributed by atoms with Crippen molar-refractivity contribution in [3.8, 4) is 5.75 Å². The molecule has 0 aliphatic carbocycles. The van der Waals surface area contributed by atoms with E-state index < -0.39 is 17.4 Å². The highest BCUT2D eigenvalue weighted by atomic mass is 35.5. The number of anilines is 1. The number of hydrogen-bond acceptors (Lipinski definition) is 4. The topological polar surface area (TPSA) is 81.5 Å². The van der Waals surface area contributed by atoms with Crippen molar-refractivity contribution < 1.29 is 14.5 Å². The number of halogens is 4. The number of benzene rings is 2. The lowest BCUT2D eigenvalue weighted by Crippen LogP contribution is -2.20. The highest BCUT2D eigenvalue weighted by molar-refractivity contribution is 6.43. The Labute approximate surface area is 156 Å². The second kappa shape index (κ2) is 7.90. The van der Waals surface area contributed by atoms with E-state index in [9.17, 15) is 14.9 Å². The highest BCUT2D eigenvalue weighted by Crippen LogP contribution is 2.34. The fourth-order valence-corrected chi connectivity index (χ4v) is 2.42. The van der Waals surface area contributed by atoms with Crippen LogP contribution in [0.25, 0.3) is 0 Å². The van der Waals surface area contributed by atoms with Crippen LogP contribution >= 0.6 is 46.4 Å². The zero-order valence-electron chi connectivity index (χ0n) is 11.7. The molecule has 0 atom stereocenters. The van der Waals surface area contributed by atoms with Gasteiger partial charge in [-0.3, -0.25) is 14.9 Å². The maximum atomic E-state index is 11.9. The second-order valence-corrected chi connectivity index (χ2v) is 6.08. The quantitative estimate of drug-likeness (QED) is 0.416. The van der Waals surface area contributed by atoms with E-state index >= 15 is 0 Å². The molecule has 0 aliphatic heterocycles. The minimum Gasteiger partial charge on any atom is -0.482 e. The van der Waals surface area contributed by atoms with Crippen molar-refractivity contribution in [1.82, 2.24) is 0 Å². The monoisotopic (exact) mass is 408 g/mol. The molecule has 1 N–H and O–H groups in total. The first-order valence-electron chi connectivity index (χ1n) is 6.29. The molecule has 2 aromatic carbocycles. The minimum absolute atomic E-state index is 0.0969. The van der Waals surface area contributed by atoms with Gasteiger partial charge in [0.25, 0.3) is 11.6 Å². The number of amides is 1. The van der Waals surface area contributed by atoms with Crippen molar-refractivity contribution in [2.24, 2.45) is 0 Å². The molecule has 0 fully saturated rings. The van der Waals surface area contributed by atoms with Gasteiger partial charge in [0.1, 0.15) is 5.75 Å². The van der Waals surface area contributed by atoms with Crippen LogP contribution in [0.15, 0.2) is 30.3 Å². The Bertz CT molecular complexity index is 814. The molecule has 0 heterocycles. The third kappa shape index (κ3) is 4.64. The van der Waals surface area contributed by atoms with Gasteiger partial charge < -0.3 is 10.1 Å². The van der Waals surface area contributed by atoms with Crippen LogP contribution in [0.4, 0.5) is 11.4 Å². The number of nitrogens with zero attached hydrogens (tertiary/aromatic N) is 1. The third-order valence-corrected chi connectivity index (χ3v) is 4.12. The van der Waals surface area contributed by atoms with E-state index in [1.807, 2.05) is 0 Å². The Kier molecular flexibility index (Phi) is 6.12. The molecule has 2 aromatic rings. The molecule has 0 aliphatic rings. The van der Waals surface area contributed by atoms with Crippen LogP contribution in [0.2, 0.25) is 20.1 Å². The van der Waals surface area contributed by atoms with E-state index in [4.69, 9.17) is 51.1 Å². The number of nitro benzene ring substituents is 1. The minimum atomic E-state index is -0.599. The molecular formula is C14H8Cl4N2O4. The first-order valence-corrected chi connectivity index (χ1v) is 7.80. The number of carbonyl (C=O) groups excluding carboxylic acids is 1. The molecule has 0 saturated carbocycles. The maximum Gasteiger partial charge on any atom is 0.271 e. The third-order valence-electron chi connectivity index (χ3n) is 2.77. The van der Waals surface area contributed by atoms with Crippen molar-refractivity contribution in [3.63, 3.8) is 0 Å². The SMILES string of the molecule is O=C(COc1cc(Cl)c(Cl)cc1Cl)Nc1cc([N+](=O)[O-])ccc1Cl. The van der Waals surface area contributed by atoms with E-state index in [1.165, 1.54) is 24.3 Å². The predicted octanol–water partition coefficient (Wildman–Crippen LogP) is 5.23. The Morgan fingerprint density at radius 1 is 1.04 bits per heavy atom. The fourth-order valence-electron chi connectivity index (χ4n) is 1.67. The number of rotatable bonds is 5. The van der Waals surface area contributed by atoms with E-state index in [0.717, 1.165) is 6.07 Å². The first-order chi connectivity index (χ1) is 11.3. The van der Waals surface area contributed by atoms with E-state index in [0.29, 0.717) is 0 Å².